The zero-order chi connectivity index (χ0) is 15.6. The SMILES string of the molecule is CN(C)c1nc(N)nc(N2CCN(CC(C)(C)O)CC2)n1. The number of anilines is 3. The highest BCUT2D eigenvalue weighted by Crippen LogP contribution is 2.16. The molecule has 0 radical (unpaired) electrons. The van der Waals surface area contributed by atoms with Crippen LogP contribution in [0, 0.1) is 0 Å². The van der Waals surface area contributed by atoms with Crippen LogP contribution in [-0.4, -0.2) is 77.4 Å². The lowest BCUT2D eigenvalue weighted by atomic mass is 10.1. The van der Waals surface area contributed by atoms with Gasteiger partial charge in [0.1, 0.15) is 0 Å². The van der Waals surface area contributed by atoms with Crippen LogP contribution in [0.15, 0.2) is 0 Å². The number of piperazine rings is 1. The van der Waals surface area contributed by atoms with E-state index < -0.39 is 5.60 Å². The van der Waals surface area contributed by atoms with Gasteiger partial charge in [-0.15, -0.1) is 0 Å². The Morgan fingerprint density at radius 3 is 2.29 bits per heavy atom. The Morgan fingerprint density at radius 2 is 1.76 bits per heavy atom. The van der Waals surface area contributed by atoms with Crippen molar-refractivity contribution in [2.24, 2.45) is 0 Å². The molecule has 0 saturated carbocycles. The molecule has 0 atom stereocenters. The maximum atomic E-state index is 9.88. The van der Waals surface area contributed by atoms with Crippen molar-refractivity contribution in [1.82, 2.24) is 19.9 Å². The molecule has 1 fully saturated rings. The molecule has 1 saturated heterocycles. The zero-order valence-electron chi connectivity index (χ0n) is 13.2. The smallest absolute Gasteiger partial charge is 0.232 e. The Bertz CT molecular complexity index is 478. The first-order valence-corrected chi connectivity index (χ1v) is 7.13. The van der Waals surface area contributed by atoms with Gasteiger partial charge in [0.05, 0.1) is 5.60 Å². The summed E-state index contributed by atoms with van der Waals surface area (Å²) in [5, 5.41) is 9.88. The molecule has 21 heavy (non-hydrogen) atoms. The van der Waals surface area contributed by atoms with Crippen molar-refractivity contribution in [1.29, 1.82) is 0 Å². The normalized spacial score (nSPS) is 17.1. The Labute approximate surface area is 125 Å². The second kappa shape index (κ2) is 5.98. The van der Waals surface area contributed by atoms with Gasteiger partial charge >= 0.3 is 0 Å². The fourth-order valence-electron chi connectivity index (χ4n) is 2.36. The lowest BCUT2D eigenvalue weighted by Crippen LogP contribution is -2.51. The summed E-state index contributed by atoms with van der Waals surface area (Å²) in [5.74, 6) is 1.42. The molecule has 0 amide bonds. The van der Waals surface area contributed by atoms with Crippen LogP contribution in [0.5, 0.6) is 0 Å². The Kier molecular flexibility index (Phi) is 4.48. The van der Waals surface area contributed by atoms with Crippen LogP contribution in [0.25, 0.3) is 0 Å². The number of aromatic nitrogens is 3. The van der Waals surface area contributed by atoms with Gasteiger partial charge in [0.25, 0.3) is 0 Å². The molecule has 2 heterocycles. The summed E-state index contributed by atoms with van der Waals surface area (Å²) in [4.78, 5) is 18.9. The Morgan fingerprint density at radius 1 is 1.14 bits per heavy atom. The number of rotatable bonds is 4. The number of nitrogen functional groups attached to an aromatic ring is 1. The van der Waals surface area contributed by atoms with Gasteiger partial charge in [-0.3, -0.25) is 4.90 Å². The third-order valence-corrected chi connectivity index (χ3v) is 3.29. The van der Waals surface area contributed by atoms with E-state index in [1.807, 2.05) is 32.8 Å². The predicted molar refractivity (Wildman–Crippen MR) is 83.5 cm³/mol. The third-order valence-electron chi connectivity index (χ3n) is 3.29. The van der Waals surface area contributed by atoms with E-state index in [9.17, 15) is 5.11 Å². The van der Waals surface area contributed by atoms with Gasteiger partial charge in [0.15, 0.2) is 0 Å². The molecule has 3 N–H and O–H groups in total. The zero-order valence-corrected chi connectivity index (χ0v) is 13.2. The highest BCUT2D eigenvalue weighted by Gasteiger charge is 2.24. The molecule has 8 heteroatoms. The van der Waals surface area contributed by atoms with Crippen molar-refractivity contribution in [2.45, 2.75) is 19.4 Å². The summed E-state index contributed by atoms with van der Waals surface area (Å²) in [7, 11) is 3.75. The number of aliphatic hydroxyl groups is 1. The van der Waals surface area contributed by atoms with E-state index in [2.05, 4.69) is 24.8 Å². The van der Waals surface area contributed by atoms with Gasteiger partial charge in [0.2, 0.25) is 17.8 Å². The molecule has 1 aromatic rings. The van der Waals surface area contributed by atoms with Crippen LogP contribution in [0.1, 0.15) is 13.8 Å². The van der Waals surface area contributed by atoms with Crippen molar-refractivity contribution in [3.63, 3.8) is 0 Å². The van der Waals surface area contributed by atoms with Gasteiger partial charge in [-0.05, 0) is 13.8 Å². The maximum Gasteiger partial charge on any atom is 0.232 e. The minimum Gasteiger partial charge on any atom is -0.389 e. The highest BCUT2D eigenvalue weighted by atomic mass is 16.3. The van der Waals surface area contributed by atoms with E-state index in [1.54, 1.807) is 0 Å². The molecular formula is C13H25N7O. The average molecular weight is 295 g/mol. The van der Waals surface area contributed by atoms with Crippen LogP contribution >= 0.6 is 0 Å². The molecule has 1 aromatic heterocycles. The molecule has 0 spiro atoms. The number of hydrogen-bond acceptors (Lipinski definition) is 8. The van der Waals surface area contributed by atoms with Crippen LogP contribution in [-0.2, 0) is 0 Å². The maximum absolute atomic E-state index is 9.88. The Hall–Kier alpha value is -1.67. The van der Waals surface area contributed by atoms with Crippen molar-refractivity contribution in [2.75, 3.05) is 62.4 Å². The standard InChI is InChI=1S/C13H25N7O/c1-13(2,21)9-19-5-7-20(8-6-19)12-16-10(14)15-11(17-12)18(3)4/h21H,5-9H2,1-4H3,(H2,14,15,16,17). The van der Waals surface area contributed by atoms with E-state index in [0.29, 0.717) is 18.4 Å². The second-order valence-electron chi connectivity index (χ2n) is 6.26. The van der Waals surface area contributed by atoms with E-state index >= 15 is 0 Å². The molecule has 8 nitrogen and oxygen atoms in total. The fourth-order valence-corrected chi connectivity index (χ4v) is 2.36. The molecular weight excluding hydrogens is 270 g/mol. The van der Waals surface area contributed by atoms with E-state index in [-0.39, 0.29) is 5.95 Å². The summed E-state index contributed by atoms with van der Waals surface area (Å²) in [5.41, 5.74) is 5.09. The second-order valence-corrected chi connectivity index (χ2v) is 6.26. The molecule has 0 aliphatic carbocycles. The number of hydrogen-bond donors (Lipinski definition) is 2. The summed E-state index contributed by atoms with van der Waals surface area (Å²) in [6.07, 6.45) is 0. The molecule has 118 valence electrons. The molecule has 2 rings (SSSR count). The van der Waals surface area contributed by atoms with Gasteiger partial charge in [-0.1, -0.05) is 0 Å². The summed E-state index contributed by atoms with van der Waals surface area (Å²) in [6, 6.07) is 0. The minimum atomic E-state index is -0.669. The van der Waals surface area contributed by atoms with Crippen LogP contribution in [0.2, 0.25) is 0 Å². The van der Waals surface area contributed by atoms with Gasteiger partial charge < -0.3 is 20.6 Å². The molecule has 0 unspecified atom stereocenters. The van der Waals surface area contributed by atoms with Crippen molar-refractivity contribution in [3.05, 3.63) is 0 Å². The molecule has 1 aliphatic rings. The average Bonchev–Trinajstić information content (AvgIpc) is 2.37. The summed E-state index contributed by atoms with van der Waals surface area (Å²) in [6.45, 7) is 7.69. The van der Waals surface area contributed by atoms with Gasteiger partial charge in [-0.2, -0.15) is 15.0 Å². The van der Waals surface area contributed by atoms with E-state index in [0.717, 1.165) is 26.2 Å². The minimum absolute atomic E-state index is 0.239. The molecule has 1 aliphatic heterocycles. The van der Waals surface area contributed by atoms with Crippen LogP contribution in [0.4, 0.5) is 17.8 Å². The van der Waals surface area contributed by atoms with Crippen molar-refractivity contribution >= 4 is 17.8 Å². The van der Waals surface area contributed by atoms with Crippen molar-refractivity contribution in [3.8, 4) is 0 Å². The molecule has 0 bridgehead atoms. The van der Waals surface area contributed by atoms with Crippen molar-refractivity contribution < 1.29 is 5.11 Å². The van der Waals surface area contributed by atoms with Crippen LogP contribution < -0.4 is 15.5 Å². The monoisotopic (exact) mass is 295 g/mol. The number of nitrogens with zero attached hydrogens (tertiary/aromatic N) is 6. The quantitative estimate of drug-likeness (QED) is 0.761. The first kappa shape index (κ1) is 15.7. The van der Waals surface area contributed by atoms with Crippen LogP contribution in [0.3, 0.4) is 0 Å². The first-order valence-electron chi connectivity index (χ1n) is 7.13. The lowest BCUT2D eigenvalue weighted by molar-refractivity contribution is 0.0344. The lowest BCUT2D eigenvalue weighted by Gasteiger charge is -2.37. The van der Waals surface area contributed by atoms with Gasteiger partial charge in [-0.25, -0.2) is 0 Å². The highest BCUT2D eigenvalue weighted by molar-refractivity contribution is 5.43. The number of β-amino-alcohol motifs (C(OH)–C–C–N with tert-alkyl or cyclic N) is 1. The topological polar surface area (TPSA) is 94.6 Å². The largest absolute Gasteiger partial charge is 0.389 e. The predicted octanol–water partition coefficient (Wildman–Crippen LogP) is -0.587. The van der Waals surface area contributed by atoms with E-state index in [1.165, 1.54) is 0 Å². The Balaban J connectivity index is 2.02. The van der Waals surface area contributed by atoms with E-state index in [4.69, 9.17) is 5.73 Å². The van der Waals surface area contributed by atoms with Gasteiger partial charge in [0, 0.05) is 46.8 Å². The summed E-state index contributed by atoms with van der Waals surface area (Å²) >= 11 is 0. The summed E-state index contributed by atoms with van der Waals surface area (Å²) < 4.78 is 0. The number of nitrogens with two attached hydrogens (primary N) is 1. The molecule has 0 aromatic carbocycles. The first-order chi connectivity index (χ1) is 9.74. The third kappa shape index (κ3) is 4.40. The fraction of sp³-hybridized carbons (Fsp3) is 0.769.